The first-order valence-corrected chi connectivity index (χ1v) is 3.12. The van der Waals surface area contributed by atoms with E-state index in [0.717, 1.165) is 6.08 Å². The van der Waals surface area contributed by atoms with Crippen LogP contribution in [0.25, 0.3) is 0 Å². The van der Waals surface area contributed by atoms with E-state index in [9.17, 15) is 4.79 Å². The molecule has 12 heavy (non-hydrogen) atoms. The zero-order chi connectivity index (χ0) is 9.98. The summed E-state index contributed by atoms with van der Waals surface area (Å²) < 4.78 is 0. The van der Waals surface area contributed by atoms with Gasteiger partial charge in [0.15, 0.2) is 5.96 Å². The van der Waals surface area contributed by atoms with Gasteiger partial charge in [-0.25, -0.2) is 4.79 Å². The van der Waals surface area contributed by atoms with Crippen LogP contribution in [0.15, 0.2) is 24.3 Å². The SMILES string of the molecule is CC=CC=CC(=O)O.N=C(N)N. The zero-order valence-electron chi connectivity index (χ0n) is 6.82. The molecule has 0 atom stereocenters. The predicted molar refractivity (Wildman–Crippen MR) is 47.7 cm³/mol. The summed E-state index contributed by atoms with van der Waals surface area (Å²) in [6.07, 6.45) is 5.98. The topological polar surface area (TPSA) is 113 Å². The Morgan fingerprint density at radius 1 is 1.42 bits per heavy atom. The largest absolute Gasteiger partial charge is 0.478 e. The lowest BCUT2D eigenvalue weighted by atomic mass is 10.4. The van der Waals surface area contributed by atoms with E-state index in [4.69, 9.17) is 10.5 Å². The maximum atomic E-state index is 9.75. The van der Waals surface area contributed by atoms with Crippen molar-refractivity contribution in [1.29, 1.82) is 5.41 Å². The molecule has 5 nitrogen and oxygen atoms in total. The number of hydrogen-bond donors (Lipinski definition) is 4. The lowest BCUT2D eigenvalue weighted by Crippen LogP contribution is -2.20. The molecular formula is C7H13N3O2. The van der Waals surface area contributed by atoms with E-state index in [1.807, 2.05) is 6.92 Å². The van der Waals surface area contributed by atoms with Crippen molar-refractivity contribution >= 4 is 11.9 Å². The smallest absolute Gasteiger partial charge is 0.328 e. The summed E-state index contributed by atoms with van der Waals surface area (Å²) in [5.41, 5.74) is 8.94. The van der Waals surface area contributed by atoms with E-state index in [2.05, 4.69) is 11.5 Å². The van der Waals surface area contributed by atoms with Crippen LogP contribution in [0.3, 0.4) is 0 Å². The van der Waals surface area contributed by atoms with Gasteiger partial charge in [0.05, 0.1) is 0 Å². The predicted octanol–water partition coefficient (Wildman–Crippen LogP) is 0.0419. The Bertz CT molecular complexity index is 193. The van der Waals surface area contributed by atoms with Crippen LogP contribution in [0.2, 0.25) is 0 Å². The second kappa shape index (κ2) is 9.22. The van der Waals surface area contributed by atoms with Crippen molar-refractivity contribution < 1.29 is 9.90 Å². The Balaban J connectivity index is 0. The molecule has 0 aliphatic carbocycles. The van der Waals surface area contributed by atoms with Gasteiger partial charge in [0, 0.05) is 6.08 Å². The maximum Gasteiger partial charge on any atom is 0.328 e. The summed E-state index contributed by atoms with van der Waals surface area (Å²) in [7, 11) is 0. The number of aliphatic carboxylic acids is 1. The van der Waals surface area contributed by atoms with Gasteiger partial charge in [0.2, 0.25) is 0 Å². The first-order valence-electron chi connectivity index (χ1n) is 3.12. The summed E-state index contributed by atoms with van der Waals surface area (Å²) in [6, 6.07) is 0. The summed E-state index contributed by atoms with van der Waals surface area (Å²) in [5, 5.41) is 14.1. The molecule has 0 heterocycles. The molecule has 0 aliphatic rings. The van der Waals surface area contributed by atoms with Gasteiger partial charge in [0.25, 0.3) is 0 Å². The van der Waals surface area contributed by atoms with Crippen molar-refractivity contribution in [1.82, 2.24) is 0 Å². The molecule has 68 valence electrons. The molecule has 0 amide bonds. The molecule has 0 saturated heterocycles. The van der Waals surface area contributed by atoms with E-state index < -0.39 is 5.97 Å². The van der Waals surface area contributed by atoms with Crippen LogP contribution in [-0.4, -0.2) is 17.0 Å². The van der Waals surface area contributed by atoms with Gasteiger partial charge in [0.1, 0.15) is 0 Å². The van der Waals surface area contributed by atoms with Crippen molar-refractivity contribution in [3.8, 4) is 0 Å². The molecule has 0 radical (unpaired) electrons. The number of nitrogens with one attached hydrogen (secondary N) is 1. The van der Waals surface area contributed by atoms with Gasteiger partial charge < -0.3 is 16.6 Å². The lowest BCUT2D eigenvalue weighted by molar-refractivity contribution is -0.131. The Morgan fingerprint density at radius 2 is 1.83 bits per heavy atom. The molecule has 0 bridgehead atoms. The van der Waals surface area contributed by atoms with Crippen LogP contribution in [0.1, 0.15) is 6.92 Å². The van der Waals surface area contributed by atoms with Crippen molar-refractivity contribution in [3.05, 3.63) is 24.3 Å². The Morgan fingerprint density at radius 3 is 2.08 bits per heavy atom. The van der Waals surface area contributed by atoms with E-state index in [1.165, 1.54) is 6.08 Å². The fourth-order valence-electron chi connectivity index (χ4n) is 0.249. The summed E-state index contributed by atoms with van der Waals surface area (Å²) in [5.74, 6) is -1.25. The molecule has 0 fully saturated rings. The van der Waals surface area contributed by atoms with Crippen LogP contribution < -0.4 is 11.5 Å². The molecule has 0 aromatic heterocycles. The quantitative estimate of drug-likeness (QED) is 0.203. The highest BCUT2D eigenvalue weighted by Crippen LogP contribution is 1.74. The Hall–Kier alpha value is -1.78. The van der Waals surface area contributed by atoms with Crippen LogP contribution in [0.5, 0.6) is 0 Å². The summed E-state index contributed by atoms with van der Waals surface area (Å²) >= 11 is 0. The van der Waals surface area contributed by atoms with Crippen molar-refractivity contribution in [2.75, 3.05) is 0 Å². The first-order chi connectivity index (χ1) is 5.50. The van der Waals surface area contributed by atoms with Crippen molar-refractivity contribution in [2.45, 2.75) is 6.92 Å². The molecule has 0 unspecified atom stereocenters. The number of carboxylic acid groups (broad SMARTS) is 1. The highest BCUT2D eigenvalue weighted by molar-refractivity contribution is 5.80. The fraction of sp³-hybridized carbons (Fsp3) is 0.143. The molecule has 5 heteroatoms. The molecule has 0 aliphatic heterocycles. The van der Waals surface area contributed by atoms with E-state index in [1.54, 1.807) is 12.2 Å². The molecule has 0 aromatic rings. The molecule has 0 spiro atoms. The fourth-order valence-corrected chi connectivity index (χ4v) is 0.249. The summed E-state index contributed by atoms with van der Waals surface area (Å²) in [6.45, 7) is 1.83. The minimum Gasteiger partial charge on any atom is -0.478 e. The van der Waals surface area contributed by atoms with Gasteiger partial charge in [-0.2, -0.15) is 0 Å². The second-order valence-corrected chi connectivity index (χ2v) is 1.68. The Labute approximate surface area is 70.9 Å². The standard InChI is InChI=1S/C6H8O2.CH5N3/c1-2-3-4-5-6(7)8;2-1(3)4/h2-5H,1H3,(H,7,8);(H5,2,3,4). The normalized spacial score (nSPS) is 9.42. The monoisotopic (exact) mass is 171 g/mol. The average Bonchev–Trinajstić information content (AvgIpc) is 1.86. The molecule has 6 N–H and O–H groups in total. The maximum absolute atomic E-state index is 9.75. The number of rotatable bonds is 2. The average molecular weight is 171 g/mol. The number of allylic oxidation sites excluding steroid dienone is 3. The molecule has 0 saturated carbocycles. The zero-order valence-corrected chi connectivity index (χ0v) is 6.82. The molecule has 0 rings (SSSR count). The van der Waals surface area contributed by atoms with E-state index in [-0.39, 0.29) is 5.96 Å². The van der Waals surface area contributed by atoms with Crippen LogP contribution in [0, 0.1) is 5.41 Å². The van der Waals surface area contributed by atoms with Crippen molar-refractivity contribution in [2.24, 2.45) is 11.5 Å². The number of hydrogen-bond acceptors (Lipinski definition) is 2. The van der Waals surface area contributed by atoms with Crippen LogP contribution >= 0.6 is 0 Å². The van der Waals surface area contributed by atoms with Gasteiger partial charge in [-0.3, -0.25) is 5.41 Å². The van der Waals surface area contributed by atoms with E-state index >= 15 is 0 Å². The Kier molecular flexibility index (Phi) is 9.88. The molecular weight excluding hydrogens is 158 g/mol. The second-order valence-electron chi connectivity index (χ2n) is 1.68. The number of nitrogens with two attached hydrogens (primary N) is 2. The third-order valence-corrected chi connectivity index (χ3v) is 0.542. The van der Waals surface area contributed by atoms with Crippen LogP contribution in [-0.2, 0) is 4.79 Å². The van der Waals surface area contributed by atoms with Gasteiger partial charge in [-0.1, -0.05) is 18.2 Å². The number of carboxylic acids is 1. The number of carbonyl (C=O) groups is 1. The highest BCUT2D eigenvalue weighted by Gasteiger charge is 1.78. The van der Waals surface area contributed by atoms with E-state index in [0.29, 0.717) is 0 Å². The third-order valence-electron chi connectivity index (χ3n) is 0.542. The minimum atomic E-state index is -0.914. The van der Waals surface area contributed by atoms with Crippen LogP contribution in [0.4, 0.5) is 0 Å². The van der Waals surface area contributed by atoms with Gasteiger partial charge >= 0.3 is 5.97 Å². The summed E-state index contributed by atoms with van der Waals surface area (Å²) in [4.78, 5) is 9.75. The highest BCUT2D eigenvalue weighted by atomic mass is 16.4. The van der Waals surface area contributed by atoms with Gasteiger partial charge in [-0.15, -0.1) is 0 Å². The minimum absolute atomic E-state index is 0.333. The van der Waals surface area contributed by atoms with Gasteiger partial charge in [-0.05, 0) is 6.92 Å². The molecule has 0 aromatic carbocycles. The third kappa shape index (κ3) is 41.3. The number of guanidine groups is 1. The lowest BCUT2D eigenvalue weighted by Gasteiger charge is -1.72. The van der Waals surface area contributed by atoms with Crippen molar-refractivity contribution in [3.63, 3.8) is 0 Å². The first kappa shape index (κ1) is 12.9.